The molecule has 3 heterocycles. The van der Waals surface area contributed by atoms with Crippen molar-refractivity contribution in [3.8, 4) is 0 Å². The van der Waals surface area contributed by atoms with Gasteiger partial charge in [0.25, 0.3) is 5.91 Å². The number of nitrogens with zero attached hydrogens (tertiary/aromatic N) is 3. The molecule has 9 heteroatoms. The first kappa shape index (κ1) is 14.6. The molecule has 1 aliphatic rings. The van der Waals surface area contributed by atoms with E-state index in [4.69, 9.17) is 16.3 Å². The predicted molar refractivity (Wildman–Crippen MR) is 86.9 cm³/mol. The standard InChI is InChI=1S/C14H12ClN5O2S/c15-7-3-4-9-8(6-7)11(18-17-9)12(21)16-14-20-19-13(23-14)10-2-1-5-22-10/h3-4,6,10H,1-2,5H2,(H,17,18)(H,16,20,21). The average Bonchev–Trinajstić information content (AvgIpc) is 3.26. The van der Waals surface area contributed by atoms with Crippen LogP contribution in [0.25, 0.3) is 10.9 Å². The summed E-state index contributed by atoms with van der Waals surface area (Å²) < 4.78 is 5.56. The van der Waals surface area contributed by atoms with Crippen LogP contribution in [-0.4, -0.2) is 32.9 Å². The highest BCUT2D eigenvalue weighted by Gasteiger charge is 2.23. The Morgan fingerprint density at radius 1 is 1.43 bits per heavy atom. The van der Waals surface area contributed by atoms with Gasteiger partial charge in [0.1, 0.15) is 11.1 Å². The largest absolute Gasteiger partial charge is 0.371 e. The normalized spacial score (nSPS) is 17.7. The van der Waals surface area contributed by atoms with Gasteiger partial charge in [-0.3, -0.25) is 15.2 Å². The fourth-order valence-electron chi connectivity index (χ4n) is 2.50. The molecule has 0 aliphatic carbocycles. The number of anilines is 1. The second-order valence-electron chi connectivity index (χ2n) is 5.16. The van der Waals surface area contributed by atoms with E-state index in [2.05, 4.69) is 25.7 Å². The molecule has 118 valence electrons. The lowest BCUT2D eigenvalue weighted by Gasteiger charge is -2.02. The zero-order valence-electron chi connectivity index (χ0n) is 11.9. The summed E-state index contributed by atoms with van der Waals surface area (Å²) in [6.07, 6.45) is 1.94. The third-order valence-electron chi connectivity index (χ3n) is 3.61. The third kappa shape index (κ3) is 2.80. The Balaban J connectivity index is 1.56. The SMILES string of the molecule is O=C(Nc1nnc(C2CCCO2)s1)c1n[nH]c2ccc(Cl)cc12. The molecular formula is C14H12ClN5O2S. The van der Waals surface area contributed by atoms with Gasteiger partial charge in [-0.2, -0.15) is 5.10 Å². The number of halogens is 1. The average molecular weight is 350 g/mol. The van der Waals surface area contributed by atoms with Crippen molar-refractivity contribution in [2.24, 2.45) is 0 Å². The summed E-state index contributed by atoms with van der Waals surface area (Å²) in [6.45, 7) is 0.742. The Morgan fingerprint density at radius 3 is 3.17 bits per heavy atom. The van der Waals surface area contributed by atoms with Crippen LogP contribution in [0.2, 0.25) is 5.02 Å². The van der Waals surface area contributed by atoms with Crippen molar-refractivity contribution in [3.05, 3.63) is 33.9 Å². The molecule has 2 N–H and O–H groups in total. The highest BCUT2D eigenvalue weighted by molar-refractivity contribution is 7.15. The number of aromatic nitrogens is 4. The van der Waals surface area contributed by atoms with E-state index in [1.54, 1.807) is 18.2 Å². The number of aromatic amines is 1. The lowest BCUT2D eigenvalue weighted by atomic mass is 10.2. The Morgan fingerprint density at radius 2 is 2.35 bits per heavy atom. The number of nitrogens with one attached hydrogen (secondary N) is 2. The minimum Gasteiger partial charge on any atom is -0.371 e. The van der Waals surface area contributed by atoms with Crippen LogP contribution in [0, 0.1) is 0 Å². The smallest absolute Gasteiger partial charge is 0.278 e. The van der Waals surface area contributed by atoms with Crippen molar-refractivity contribution in [3.63, 3.8) is 0 Å². The van der Waals surface area contributed by atoms with Crippen LogP contribution in [0.5, 0.6) is 0 Å². The minimum atomic E-state index is -0.353. The summed E-state index contributed by atoms with van der Waals surface area (Å²) in [5, 5.41) is 20.1. The Labute approximate surface area is 140 Å². The predicted octanol–water partition coefficient (Wildman–Crippen LogP) is 3.17. The van der Waals surface area contributed by atoms with Crippen LogP contribution in [0.4, 0.5) is 5.13 Å². The molecule has 0 bridgehead atoms. The lowest BCUT2D eigenvalue weighted by molar-refractivity contribution is 0.102. The monoisotopic (exact) mass is 349 g/mol. The number of hydrogen-bond acceptors (Lipinski definition) is 6. The number of rotatable bonds is 3. The third-order valence-corrected chi connectivity index (χ3v) is 4.77. The number of ether oxygens (including phenoxy) is 1. The summed E-state index contributed by atoms with van der Waals surface area (Å²) in [5.74, 6) is -0.353. The lowest BCUT2D eigenvalue weighted by Crippen LogP contribution is -2.12. The highest BCUT2D eigenvalue weighted by atomic mass is 35.5. The van der Waals surface area contributed by atoms with Crippen LogP contribution in [0.1, 0.15) is 34.4 Å². The van der Waals surface area contributed by atoms with E-state index in [-0.39, 0.29) is 17.7 Å². The Bertz CT molecular complexity index is 871. The molecule has 1 aliphatic heterocycles. The second kappa shape index (κ2) is 5.88. The number of benzene rings is 1. The van der Waals surface area contributed by atoms with Gasteiger partial charge in [0.2, 0.25) is 5.13 Å². The first-order chi connectivity index (χ1) is 11.2. The van der Waals surface area contributed by atoms with Crippen LogP contribution in [-0.2, 0) is 4.74 Å². The van der Waals surface area contributed by atoms with Crippen molar-refractivity contribution in [2.45, 2.75) is 18.9 Å². The molecule has 3 aromatic rings. The number of H-pyrrole nitrogens is 1. The maximum atomic E-state index is 12.4. The molecule has 1 atom stereocenters. The Hall–Kier alpha value is -2.03. The molecule has 1 amide bonds. The fraction of sp³-hybridized carbons (Fsp3) is 0.286. The molecular weight excluding hydrogens is 338 g/mol. The Kier molecular flexibility index (Phi) is 3.72. The molecule has 1 fully saturated rings. The zero-order chi connectivity index (χ0) is 15.8. The molecule has 4 rings (SSSR count). The number of carbonyl (C=O) groups excluding carboxylic acids is 1. The number of hydrogen-bond donors (Lipinski definition) is 2. The van der Waals surface area contributed by atoms with E-state index >= 15 is 0 Å². The van der Waals surface area contributed by atoms with E-state index in [0.717, 1.165) is 30.0 Å². The molecule has 1 aromatic carbocycles. The molecule has 2 aromatic heterocycles. The van der Waals surface area contributed by atoms with Crippen LogP contribution < -0.4 is 5.32 Å². The van der Waals surface area contributed by atoms with E-state index in [9.17, 15) is 4.79 Å². The molecule has 0 saturated carbocycles. The van der Waals surface area contributed by atoms with E-state index in [1.165, 1.54) is 11.3 Å². The van der Waals surface area contributed by atoms with Crippen LogP contribution in [0.3, 0.4) is 0 Å². The van der Waals surface area contributed by atoms with Gasteiger partial charge in [0.15, 0.2) is 5.69 Å². The van der Waals surface area contributed by atoms with Gasteiger partial charge in [0.05, 0.1) is 5.52 Å². The summed E-state index contributed by atoms with van der Waals surface area (Å²) in [5.41, 5.74) is 1.02. The minimum absolute atomic E-state index is 0.0110. The number of amides is 1. The van der Waals surface area contributed by atoms with Gasteiger partial charge < -0.3 is 4.74 Å². The molecule has 1 unspecified atom stereocenters. The molecule has 1 saturated heterocycles. The second-order valence-corrected chi connectivity index (χ2v) is 6.61. The van der Waals surface area contributed by atoms with Gasteiger partial charge in [-0.1, -0.05) is 22.9 Å². The number of fused-ring (bicyclic) bond motifs is 1. The highest BCUT2D eigenvalue weighted by Crippen LogP contribution is 2.32. The molecule has 23 heavy (non-hydrogen) atoms. The van der Waals surface area contributed by atoms with Gasteiger partial charge in [-0.05, 0) is 31.0 Å². The van der Waals surface area contributed by atoms with E-state index in [0.29, 0.717) is 15.5 Å². The summed E-state index contributed by atoms with van der Waals surface area (Å²) in [7, 11) is 0. The first-order valence-corrected chi connectivity index (χ1v) is 8.30. The topological polar surface area (TPSA) is 92.8 Å². The fourth-order valence-corrected chi connectivity index (χ4v) is 3.50. The van der Waals surface area contributed by atoms with E-state index < -0.39 is 0 Å². The van der Waals surface area contributed by atoms with Crippen LogP contribution in [0.15, 0.2) is 18.2 Å². The van der Waals surface area contributed by atoms with Gasteiger partial charge in [-0.15, -0.1) is 10.2 Å². The van der Waals surface area contributed by atoms with Gasteiger partial charge in [-0.25, -0.2) is 0 Å². The van der Waals surface area contributed by atoms with Crippen molar-refractivity contribution < 1.29 is 9.53 Å². The summed E-state index contributed by atoms with van der Waals surface area (Å²) >= 11 is 7.30. The zero-order valence-corrected chi connectivity index (χ0v) is 13.4. The maximum absolute atomic E-state index is 12.4. The quantitative estimate of drug-likeness (QED) is 0.757. The van der Waals surface area contributed by atoms with Crippen molar-refractivity contribution in [2.75, 3.05) is 11.9 Å². The number of carbonyl (C=O) groups is 1. The van der Waals surface area contributed by atoms with Gasteiger partial charge >= 0.3 is 0 Å². The van der Waals surface area contributed by atoms with E-state index in [1.807, 2.05) is 0 Å². The summed E-state index contributed by atoms with van der Waals surface area (Å²) in [4.78, 5) is 12.4. The van der Waals surface area contributed by atoms with Gasteiger partial charge in [0, 0.05) is 17.0 Å². The maximum Gasteiger partial charge on any atom is 0.278 e. The molecule has 7 nitrogen and oxygen atoms in total. The first-order valence-electron chi connectivity index (χ1n) is 7.11. The van der Waals surface area contributed by atoms with Crippen LogP contribution >= 0.6 is 22.9 Å². The summed E-state index contributed by atoms with van der Waals surface area (Å²) in [6, 6.07) is 5.22. The van der Waals surface area contributed by atoms with Crippen molar-refractivity contribution >= 4 is 44.9 Å². The van der Waals surface area contributed by atoms with Crippen molar-refractivity contribution in [1.82, 2.24) is 20.4 Å². The molecule has 0 spiro atoms. The van der Waals surface area contributed by atoms with Crippen molar-refractivity contribution in [1.29, 1.82) is 0 Å². The molecule has 0 radical (unpaired) electrons.